The molecule has 1 aromatic heterocycles. The molecular weight excluding hydrogens is 434 g/mol. The molecule has 2 heterocycles. The van der Waals surface area contributed by atoms with Crippen LogP contribution in [0.2, 0.25) is 0 Å². The van der Waals surface area contributed by atoms with Crippen LogP contribution < -0.4 is 10.1 Å². The van der Waals surface area contributed by atoms with Crippen molar-refractivity contribution in [2.75, 3.05) is 38.2 Å². The van der Waals surface area contributed by atoms with Crippen molar-refractivity contribution in [1.82, 2.24) is 9.88 Å². The number of morpholine rings is 1. The molecule has 1 N–H and O–H groups in total. The molecule has 0 aliphatic carbocycles. The zero-order valence-corrected chi connectivity index (χ0v) is 19.6. The lowest BCUT2D eigenvalue weighted by atomic mass is 10.1. The first-order chi connectivity index (χ1) is 16.1. The van der Waals surface area contributed by atoms with Crippen LogP contribution in [0.5, 0.6) is 5.75 Å². The van der Waals surface area contributed by atoms with E-state index in [2.05, 4.69) is 27.3 Å². The van der Waals surface area contributed by atoms with Gasteiger partial charge in [0.25, 0.3) is 0 Å². The Balaban J connectivity index is 1.21. The number of aryl methyl sites for hydroxylation is 1. The highest BCUT2D eigenvalue weighted by molar-refractivity contribution is 7.09. The van der Waals surface area contributed by atoms with E-state index in [0.717, 1.165) is 67.0 Å². The summed E-state index contributed by atoms with van der Waals surface area (Å²) in [5, 5.41) is 5.95. The van der Waals surface area contributed by atoms with Gasteiger partial charge < -0.3 is 14.8 Å². The molecule has 0 saturated carbocycles. The second kappa shape index (κ2) is 11.7. The Kier molecular flexibility index (Phi) is 8.24. The number of aromatic nitrogens is 1. The number of carbonyl (C=O) groups is 1. The molecule has 172 valence electrons. The lowest BCUT2D eigenvalue weighted by molar-refractivity contribution is -0.111. The van der Waals surface area contributed by atoms with Gasteiger partial charge in [0, 0.05) is 36.8 Å². The Hall–Kier alpha value is -3.00. The van der Waals surface area contributed by atoms with Gasteiger partial charge in [-0.15, -0.1) is 11.3 Å². The number of carbonyl (C=O) groups excluding carboxylic acids is 1. The van der Waals surface area contributed by atoms with Crippen molar-refractivity contribution in [2.45, 2.75) is 20.0 Å². The molecule has 33 heavy (non-hydrogen) atoms. The molecule has 0 radical (unpaired) electrons. The zero-order chi connectivity index (χ0) is 22.9. The lowest BCUT2D eigenvalue weighted by Crippen LogP contribution is -2.37. The van der Waals surface area contributed by atoms with Crippen molar-refractivity contribution in [2.24, 2.45) is 0 Å². The summed E-state index contributed by atoms with van der Waals surface area (Å²) in [4.78, 5) is 19.1. The molecule has 1 saturated heterocycles. The van der Waals surface area contributed by atoms with Gasteiger partial charge in [0.1, 0.15) is 12.4 Å². The van der Waals surface area contributed by atoms with Gasteiger partial charge in [0.15, 0.2) is 0 Å². The van der Waals surface area contributed by atoms with Gasteiger partial charge in [0.05, 0.1) is 23.9 Å². The molecule has 1 aliphatic heterocycles. The van der Waals surface area contributed by atoms with Crippen LogP contribution in [0, 0.1) is 6.92 Å². The molecule has 0 bridgehead atoms. The number of amides is 1. The van der Waals surface area contributed by atoms with E-state index in [9.17, 15) is 4.79 Å². The van der Waals surface area contributed by atoms with Crippen molar-refractivity contribution in [3.8, 4) is 5.75 Å². The number of benzene rings is 2. The minimum absolute atomic E-state index is 0.157. The average molecular weight is 464 g/mol. The van der Waals surface area contributed by atoms with E-state index in [-0.39, 0.29) is 5.91 Å². The first-order valence-corrected chi connectivity index (χ1v) is 12.0. The fraction of sp³-hybridized carbons (Fsp3) is 0.308. The Morgan fingerprint density at radius 3 is 2.61 bits per heavy atom. The highest BCUT2D eigenvalue weighted by Crippen LogP contribution is 2.17. The van der Waals surface area contributed by atoms with Crippen LogP contribution in [0.4, 0.5) is 5.69 Å². The summed E-state index contributed by atoms with van der Waals surface area (Å²) in [5.41, 5.74) is 3.92. The van der Waals surface area contributed by atoms with Gasteiger partial charge in [-0.25, -0.2) is 4.98 Å². The van der Waals surface area contributed by atoms with Crippen molar-refractivity contribution >= 4 is 29.0 Å². The maximum Gasteiger partial charge on any atom is 0.248 e. The highest BCUT2D eigenvalue weighted by atomic mass is 32.1. The third kappa shape index (κ3) is 7.53. The predicted octanol–water partition coefficient (Wildman–Crippen LogP) is 4.56. The predicted molar refractivity (Wildman–Crippen MR) is 133 cm³/mol. The third-order valence-electron chi connectivity index (χ3n) is 5.40. The van der Waals surface area contributed by atoms with E-state index < -0.39 is 0 Å². The van der Waals surface area contributed by atoms with Crippen molar-refractivity contribution in [3.05, 3.63) is 81.8 Å². The normalized spacial score (nSPS) is 14.5. The minimum atomic E-state index is -0.157. The zero-order valence-electron chi connectivity index (χ0n) is 18.8. The summed E-state index contributed by atoms with van der Waals surface area (Å²) >= 11 is 1.62. The van der Waals surface area contributed by atoms with E-state index in [1.54, 1.807) is 23.5 Å². The molecule has 1 fully saturated rings. The van der Waals surface area contributed by atoms with E-state index >= 15 is 0 Å². The topological polar surface area (TPSA) is 63.7 Å². The summed E-state index contributed by atoms with van der Waals surface area (Å²) in [6.07, 6.45) is 4.33. The molecule has 2 aromatic carbocycles. The molecule has 1 amide bonds. The second-order valence-electron chi connectivity index (χ2n) is 7.94. The SMILES string of the molecule is Cc1nc(COc2ccc(/C=C/C(=O)Nc3ccc(CCN4CCOCC4)cc3)cc2)cs1. The highest BCUT2D eigenvalue weighted by Gasteiger charge is 2.09. The number of nitrogens with zero attached hydrogens (tertiary/aromatic N) is 2. The fourth-order valence-electron chi connectivity index (χ4n) is 3.53. The maximum absolute atomic E-state index is 12.3. The van der Waals surface area contributed by atoms with Gasteiger partial charge >= 0.3 is 0 Å². The van der Waals surface area contributed by atoms with E-state index in [0.29, 0.717) is 6.61 Å². The van der Waals surface area contributed by atoms with Crippen LogP contribution in [-0.2, 0) is 22.6 Å². The number of ether oxygens (including phenoxy) is 2. The first-order valence-electron chi connectivity index (χ1n) is 11.2. The van der Waals surface area contributed by atoms with Crippen molar-refractivity contribution in [1.29, 1.82) is 0 Å². The van der Waals surface area contributed by atoms with Crippen LogP contribution >= 0.6 is 11.3 Å². The summed E-state index contributed by atoms with van der Waals surface area (Å²) in [6, 6.07) is 15.7. The summed E-state index contributed by atoms with van der Waals surface area (Å²) < 4.78 is 11.1. The number of anilines is 1. The molecule has 7 heteroatoms. The number of rotatable bonds is 9. The summed E-state index contributed by atoms with van der Waals surface area (Å²) in [6.45, 7) is 7.12. The molecule has 0 spiro atoms. The number of hydrogen-bond donors (Lipinski definition) is 1. The first kappa shape index (κ1) is 23.2. The number of hydrogen-bond acceptors (Lipinski definition) is 6. The Labute approximate surface area is 198 Å². The Morgan fingerprint density at radius 1 is 1.15 bits per heavy atom. The molecule has 6 nitrogen and oxygen atoms in total. The molecular formula is C26H29N3O3S. The Morgan fingerprint density at radius 2 is 1.91 bits per heavy atom. The van der Waals surface area contributed by atoms with Gasteiger partial charge in [-0.2, -0.15) is 0 Å². The molecule has 0 unspecified atom stereocenters. The van der Waals surface area contributed by atoms with Crippen molar-refractivity contribution in [3.63, 3.8) is 0 Å². The quantitative estimate of drug-likeness (QED) is 0.472. The molecule has 1 aliphatic rings. The number of nitrogens with one attached hydrogen (secondary N) is 1. The van der Waals surface area contributed by atoms with E-state index in [1.807, 2.05) is 48.7 Å². The van der Waals surface area contributed by atoms with Crippen molar-refractivity contribution < 1.29 is 14.3 Å². The molecule has 0 atom stereocenters. The number of thiazole rings is 1. The van der Waals surface area contributed by atoms with Crippen LogP contribution in [0.25, 0.3) is 6.08 Å². The minimum Gasteiger partial charge on any atom is -0.487 e. The van der Waals surface area contributed by atoms with Gasteiger partial charge in [-0.1, -0.05) is 24.3 Å². The molecule has 4 rings (SSSR count). The van der Waals surface area contributed by atoms with Crippen LogP contribution in [0.3, 0.4) is 0 Å². The van der Waals surface area contributed by atoms with Crippen LogP contribution in [0.1, 0.15) is 21.8 Å². The summed E-state index contributed by atoms with van der Waals surface area (Å²) in [7, 11) is 0. The smallest absolute Gasteiger partial charge is 0.248 e. The lowest BCUT2D eigenvalue weighted by Gasteiger charge is -2.26. The average Bonchev–Trinajstić information content (AvgIpc) is 3.27. The van der Waals surface area contributed by atoms with Crippen LogP contribution in [-0.4, -0.2) is 48.6 Å². The third-order valence-corrected chi connectivity index (χ3v) is 6.22. The van der Waals surface area contributed by atoms with Gasteiger partial charge in [-0.3, -0.25) is 9.69 Å². The van der Waals surface area contributed by atoms with Crippen LogP contribution in [0.15, 0.2) is 60.0 Å². The molecule has 3 aromatic rings. The van der Waals surface area contributed by atoms with E-state index in [1.165, 1.54) is 5.56 Å². The van der Waals surface area contributed by atoms with E-state index in [4.69, 9.17) is 9.47 Å². The maximum atomic E-state index is 12.3. The Bertz CT molecular complexity index is 1060. The fourth-order valence-corrected chi connectivity index (χ4v) is 4.13. The monoisotopic (exact) mass is 463 g/mol. The largest absolute Gasteiger partial charge is 0.487 e. The van der Waals surface area contributed by atoms with Gasteiger partial charge in [0.2, 0.25) is 5.91 Å². The standard InChI is InChI=1S/C26H29N3O3S/c1-20-27-24(19-33-20)18-32-25-9-4-21(5-10-25)6-11-26(30)28-23-7-2-22(3-8-23)12-13-29-14-16-31-17-15-29/h2-11,19H,12-18H2,1H3,(H,28,30)/b11-6+. The summed E-state index contributed by atoms with van der Waals surface area (Å²) in [5.74, 6) is 0.617. The van der Waals surface area contributed by atoms with Gasteiger partial charge in [-0.05, 0) is 54.8 Å². The second-order valence-corrected chi connectivity index (χ2v) is 9.00.